The van der Waals surface area contributed by atoms with Gasteiger partial charge in [-0.1, -0.05) is 22.0 Å². The van der Waals surface area contributed by atoms with Crippen molar-refractivity contribution in [1.82, 2.24) is 9.78 Å². The number of halogens is 1. The van der Waals surface area contributed by atoms with Crippen LogP contribution in [0.4, 0.5) is 5.69 Å². The molecule has 18 heavy (non-hydrogen) atoms. The SMILES string of the molecule is C[C@@H](CC(=O)Nc1cccc(Br)c1)n1cccn1. The Bertz CT molecular complexity index is 525. The average Bonchev–Trinajstić information content (AvgIpc) is 2.81. The van der Waals surface area contributed by atoms with Crippen LogP contribution in [0.1, 0.15) is 19.4 Å². The molecule has 1 aromatic carbocycles. The molecule has 94 valence electrons. The maximum atomic E-state index is 11.9. The highest BCUT2D eigenvalue weighted by atomic mass is 79.9. The van der Waals surface area contributed by atoms with E-state index in [1.165, 1.54) is 0 Å². The van der Waals surface area contributed by atoms with E-state index < -0.39 is 0 Å². The summed E-state index contributed by atoms with van der Waals surface area (Å²) in [7, 11) is 0. The van der Waals surface area contributed by atoms with Crippen molar-refractivity contribution in [2.24, 2.45) is 0 Å². The summed E-state index contributed by atoms with van der Waals surface area (Å²) >= 11 is 3.37. The number of benzene rings is 1. The van der Waals surface area contributed by atoms with E-state index in [2.05, 4.69) is 26.3 Å². The average molecular weight is 308 g/mol. The van der Waals surface area contributed by atoms with Crippen molar-refractivity contribution in [2.75, 3.05) is 5.32 Å². The molecule has 1 aromatic heterocycles. The van der Waals surface area contributed by atoms with E-state index in [0.717, 1.165) is 10.2 Å². The molecule has 0 aliphatic rings. The minimum atomic E-state index is -0.0175. The molecule has 0 unspecified atom stereocenters. The Morgan fingerprint density at radius 1 is 1.50 bits per heavy atom. The van der Waals surface area contributed by atoms with E-state index in [9.17, 15) is 4.79 Å². The molecule has 2 rings (SSSR count). The standard InChI is InChI=1S/C13H14BrN3O/c1-10(17-7-3-6-15-17)8-13(18)16-12-5-2-4-11(14)9-12/h2-7,9-10H,8H2,1H3,(H,16,18)/t10-/m0/s1. The Labute approximate surface area is 114 Å². The van der Waals surface area contributed by atoms with Crippen molar-refractivity contribution in [3.63, 3.8) is 0 Å². The van der Waals surface area contributed by atoms with Gasteiger partial charge in [-0.25, -0.2) is 0 Å². The topological polar surface area (TPSA) is 46.9 Å². The number of rotatable bonds is 4. The second-order valence-electron chi connectivity index (χ2n) is 4.10. The number of carbonyl (C=O) groups excluding carboxylic acids is 1. The fraction of sp³-hybridized carbons (Fsp3) is 0.231. The Kier molecular flexibility index (Phi) is 4.15. The summed E-state index contributed by atoms with van der Waals surface area (Å²) in [5.74, 6) is -0.0175. The zero-order chi connectivity index (χ0) is 13.0. The summed E-state index contributed by atoms with van der Waals surface area (Å²) in [6.07, 6.45) is 3.97. The second kappa shape index (κ2) is 5.82. The molecule has 0 saturated carbocycles. The fourth-order valence-electron chi connectivity index (χ4n) is 1.68. The van der Waals surface area contributed by atoms with Crippen LogP contribution < -0.4 is 5.32 Å². The van der Waals surface area contributed by atoms with E-state index in [-0.39, 0.29) is 11.9 Å². The van der Waals surface area contributed by atoms with Crippen molar-refractivity contribution < 1.29 is 4.79 Å². The molecule has 5 heteroatoms. The maximum absolute atomic E-state index is 11.9. The molecular formula is C13H14BrN3O. The van der Waals surface area contributed by atoms with Crippen LogP contribution in [0, 0.1) is 0 Å². The lowest BCUT2D eigenvalue weighted by Crippen LogP contribution is -2.17. The van der Waals surface area contributed by atoms with E-state index >= 15 is 0 Å². The number of nitrogens with one attached hydrogen (secondary N) is 1. The van der Waals surface area contributed by atoms with Gasteiger partial charge in [0.25, 0.3) is 0 Å². The lowest BCUT2D eigenvalue weighted by Gasteiger charge is -2.12. The summed E-state index contributed by atoms with van der Waals surface area (Å²) in [6, 6.07) is 9.44. The normalized spacial score (nSPS) is 12.1. The summed E-state index contributed by atoms with van der Waals surface area (Å²) in [4.78, 5) is 11.9. The van der Waals surface area contributed by atoms with Crippen LogP contribution in [0.15, 0.2) is 47.2 Å². The van der Waals surface area contributed by atoms with Gasteiger partial charge in [-0.2, -0.15) is 5.10 Å². The van der Waals surface area contributed by atoms with Crippen LogP contribution in [0.25, 0.3) is 0 Å². The molecule has 0 fully saturated rings. The van der Waals surface area contributed by atoms with Crippen molar-refractivity contribution in [3.8, 4) is 0 Å². The van der Waals surface area contributed by atoms with Crippen LogP contribution in [-0.2, 0) is 4.79 Å². The smallest absolute Gasteiger partial charge is 0.226 e. The highest BCUT2D eigenvalue weighted by molar-refractivity contribution is 9.10. The third-order valence-electron chi connectivity index (χ3n) is 2.57. The summed E-state index contributed by atoms with van der Waals surface area (Å²) < 4.78 is 2.72. The van der Waals surface area contributed by atoms with Gasteiger partial charge in [0.1, 0.15) is 0 Å². The van der Waals surface area contributed by atoms with Crippen LogP contribution in [0.2, 0.25) is 0 Å². The Balaban J connectivity index is 1.93. The first-order valence-electron chi connectivity index (χ1n) is 5.69. The van der Waals surface area contributed by atoms with Gasteiger partial charge in [0, 0.05) is 29.0 Å². The molecule has 1 atom stereocenters. The molecule has 1 N–H and O–H groups in total. The summed E-state index contributed by atoms with van der Waals surface area (Å²) in [5, 5.41) is 6.99. The van der Waals surface area contributed by atoms with Crippen LogP contribution in [0.5, 0.6) is 0 Å². The molecule has 2 aromatic rings. The maximum Gasteiger partial charge on any atom is 0.226 e. The Hall–Kier alpha value is -1.62. The number of carbonyl (C=O) groups is 1. The molecule has 0 radical (unpaired) electrons. The van der Waals surface area contributed by atoms with Crippen molar-refractivity contribution >= 4 is 27.5 Å². The first-order chi connectivity index (χ1) is 8.65. The molecule has 1 heterocycles. The molecular weight excluding hydrogens is 294 g/mol. The number of anilines is 1. The fourth-order valence-corrected chi connectivity index (χ4v) is 2.08. The molecule has 1 amide bonds. The minimum Gasteiger partial charge on any atom is -0.326 e. The van der Waals surface area contributed by atoms with E-state index in [1.807, 2.05) is 43.5 Å². The second-order valence-corrected chi connectivity index (χ2v) is 5.01. The zero-order valence-electron chi connectivity index (χ0n) is 10.0. The van der Waals surface area contributed by atoms with Crippen molar-refractivity contribution in [1.29, 1.82) is 0 Å². The van der Waals surface area contributed by atoms with Gasteiger partial charge in [-0.3, -0.25) is 9.48 Å². The summed E-state index contributed by atoms with van der Waals surface area (Å²) in [5.41, 5.74) is 0.794. The van der Waals surface area contributed by atoms with Crippen LogP contribution in [-0.4, -0.2) is 15.7 Å². The van der Waals surface area contributed by atoms with Crippen molar-refractivity contribution in [3.05, 3.63) is 47.2 Å². The first kappa shape index (κ1) is 12.8. The van der Waals surface area contributed by atoms with Crippen LogP contribution in [0.3, 0.4) is 0 Å². The van der Waals surface area contributed by atoms with E-state index in [4.69, 9.17) is 0 Å². The zero-order valence-corrected chi connectivity index (χ0v) is 11.6. The van der Waals surface area contributed by atoms with E-state index in [0.29, 0.717) is 6.42 Å². The minimum absolute atomic E-state index is 0.0175. The number of hydrogen-bond acceptors (Lipinski definition) is 2. The quantitative estimate of drug-likeness (QED) is 0.942. The molecule has 0 aliphatic carbocycles. The van der Waals surface area contributed by atoms with E-state index in [1.54, 1.807) is 10.9 Å². The van der Waals surface area contributed by atoms with Gasteiger partial charge >= 0.3 is 0 Å². The van der Waals surface area contributed by atoms with Gasteiger partial charge in [0.15, 0.2) is 0 Å². The van der Waals surface area contributed by atoms with Crippen molar-refractivity contribution in [2.45, 2.75) is 19.4 Å². The van der Waals surface area contributed by atoms with Gasteiger partial charge < -0.3 is 5.32 Å². The summed E-state index contributed by atoms with van der Waals surface area (Å²) in [6.45, 7) is 1.97. The first-order valence-corrected chi connectivity index (χ1v) is 6.49. The van der Waals surface area contributed by atoms with Gasteiger partial charge in [-0.05, 0) is 31.2 Å². The number of aromatic nitrogens is 2. The monoisotopic (exact) mass is 307 g/mol. The Morgan fingerprint density at radius 2 is 2.33 bits per heavy atom. The van der Waals surface area contributed by atoms with Crippen LogP contribution >= 0.6 is 15.9 Å². The molecule has 0 aliphatic heterocycles. The van der Waals surface area contributed by atoms with Gasteiger partial charge in [-0.15, -0.1) is 0 Å². The molecule has 0 spiro atoms. The number of amides is 1. The molecule has 0 bridgehead atoms. The largest absolute Gasteiger partial charge is 0.326 e. The van der Waals surface area contributed by atoms with Gasteiger partial charge in [0.05, 0.1) is 6.04 Å². The third-order valence-corrected chi connectivity index (χ3v) is 3.06. The predicted octanol–water partition coefficient (Wildman–Crippen LogP) is 3.24. The number of nitrogens with zero attached hydrogens (tertiary/aromatic N) is 2. The molecule has 0 saturated heterocycles. The lowest BCUT2D eigenvalue weighted by molar-refractivity contribution is -0.116. The highest BCUT2D eigenvalue weighted by Gasteiger charge is 2.11. The Morgan fingerprint density at radius 3 is 3.00 bits per heavy atom. The highest BCUT2D eigenvalue weighted by Crippen LogP contribution is 2.17. The number of hydrogen-bond donors (Lipinski definition) is 1. The third kappa shape index (κ3) is 3.43. The lowest BCUT2D eigenvalue weighted by atomic mass is 10.2. The van der Waals surface area contributed by atoms with Gasteiger partial charge in [0.2, 0.25) is 5.91 Å². The predicted molar refractivity (Wildman–Crippen MR) is 74.3 cm³/mol. The molecule has 4 nitrogen and oxygen atoms in total.